The van der Waals surface area contributed by atoms with Crippen molar-refractivity contribution < 1.29 is 4.79 Å². The average molecular weight is 309 g/mol. The van der Waals surface area contributed by atoms with Crippen LogP contribution in [-0.4, -0.2) is 35.4 Å². The summed E-state index contributed by atoms with van der Waals surface area (Å²) in [5.41, 5.74) is 2.94. The van der Waals surface area contributed by atoms with Gasteiger partial charge in [0.2, 0.25) is 0 Å². The van der Waals surface area contributed by atoms with Crippen molar-refractivity contribution in [3.63, 3.8) is 0 Å². The number of likely N-dealkylation sites (tertiary alicyclic amines) is 1. The molecule has 1 fully saturated rings. The van der Waals surface area contributed by atoms with Crippen LogP contribution in [0.1, 0.15) is 28.9 Å². The van der Waals surface area contributed by atoms with Gasteiger partial charge in [0.25, 0.3) is 5.91 Å². The molecule has 0 radical (unpaired) electrons. The van der Waals surface area contributed by atoms with Crippen molar-refractivity contribution in [3.05, 3.63) is 59.9 Å². The standard InChI is InChI=1S/C19H23N3O/c1-15-13-18(7-10-20-15)21-14-16-8-11-22(12-9-16)19(23)17-5-3-2-4-6-17/h2-7,10,13,16H,8-9,11-12,14H2,1H3,(H,20,21). The van der Waals surface area contributed by atoms with Crippen LogP contribution in [0.3, 0.4) is 0 Å². The monoisotopic (exact) mass is 309 g/mol. The summed E-state index contributed by atoms with van der Waals surface area (Å²) >= 11 is 0. The van der Waals surface area contributed by atoms with E-state index in [-0.39, 0.29) is 5.91 Å². The van der Waals surface area contributed by atoms with Crippen LogP contribution in [0.25, 0.3) is 0 Å². The van der Waals surface area contributed by atoms with Gasteiger partial charge in [0.15, 0.2) is 0 Å². The molecule has 4 heteroatoms. The van der Waals surface area contributed by atoms with Crippen molar-refractivity contribution in [1.29, 1.82) is 0 Å². The highest BCUT2D eigenvalue weighted by Gasteiger charge is 2.23. The molecule has 23 heavy (non-hydrogen) atoms. The van der Waals surface area contributed by atoms with E-state index in [9.17, 15) is 4.79 Å². The first-order chi connectivity index (χ1) is 11.2. The third-order valence-corrected chi connectivity index (χ3v) is 4.41. The Labute approximate surface area is 137 Å². The van der Waals surface area contributed by atoms with E-state index in [1.807, 2.05) is 54.4 Å². The lowest BCUT2D eigenvalue weighted by molar-refractivity contribution is 0.0695. The fourth-order valence-electron chi connectivity index (χ4n) is 3.02. The van der Waals surface area contributed by atoms with Crippen molar-refractivity contribution >= 4 is 11.6 Å². The Hall–Kier alpha value is -2.36. The molecule has 1 aromatic carbocycles. The van der Waals surface area contributed by atoms with E-state index in [2.05, 4.69) is 16.4 Å². The Morgan fingerprint density at radius 3 is 2.65 bits per heavy atom. The number of anilines is 1. The van der Waals surface area contributed by atoms with Crippen molar-refractivity contribution in [1.82, 2.24) is 9.88 Å². The van der Waals surface area contributed by atoms with Gasteiger partial charge in [-0.1, -0.05) is 18.2 Å². The van der Waals surface area contributed by atoms with E-state index >= 15 is 0 Å². The van der Waals surface area contributed by atoms with Crippen LogP contribution in [-0.2, 0) is 0 Å². The average Bonchev–Trinajstić information content (AvgIpc) is 2.61. The van der Waals surface area contributed by atoms with Gasteiger partial charge in [0.1, 0.15) is 0 Å². The number of carbonyl (C=O) groups excluding carboxylic acids is 1. The van der Waals surface area contributed by atoms with E-state index < -0.39 is 0 Å². The maximum absolute atomic E-state index is 12.4. The van der Waals surface area contributed by atoms with Crippen LogP contribution in [0.2, 0.25) is 0 Å². The topological polar surface area (TPSA) is 45.2 Å². The normalized spacial score (nSPS) is 15.4. The van der Waals surface area contributed by atoms with Crippen LogP contribution in [0.4, 0.5) is 5.69 Å². The van der Waals surface area contributed by atoms with Gasteiger partial charge in [0, 0.05) is 42.8 Å². The van der Waals surface area contributed by atoms with Crippen molar-refractivity contribution in [2.24, 2.45) is 5.92 Å². The lowest BCUT2D eigenvalue weighted by Crippen LogP contribution is -2.39. The molecular weight excluding hydrogens is 286 g/mol. The van der Waals surface area contributed by atoms with Crippen molar-refractivity contribution in [2.75, 3.05) is 25.0 Å². The summed E-state index contributed by atoms with van der Waals surface area (Å²) in [6.07, 6.45) is 3.93. The van der Waals surface area contributed by atoms with Crippen LogP contribution >= 0.6 is 0 Å². The molecule has 1 N–H and O–H groups in total. The van der Waals surface area contributed by atoms with E-state index in [0.717, 1.165) is 49.4 Å². The molecule has 0 atom stereocenters. The Bertz CT molecular complexity index is 649. The number of nitrogens with one attached hydrogen (secondary N) is 1. The Kier molecular flexibility index (Phi) is 4.91. The molecule has 0 saturated carbocycles. The zero-order valence-corrected chi connectivity index (χ0v) is 13.5. The largest absolute Gasteiger partial charge is 0.385 e. The van der Waals surface area contributed by atoms with Gasteiger partial charge in [-0.15, -0.1) is 0 Å². The highest BCUT2D eigenvalue weighted by Crippen LogP contribution is 2.20. The molecule has 3 rings (SSSR count). The van der Waals surface area contributed by atoms with Crippen molar-refractivity contribution in [2.45, 2.75) is 19.8 Å². The number of aryl methyl sites for hydroxylation is 1. The summed E-state index contributed by atoms with van der Waals surface area (Å²) < 4.78 is 0. The number of hydrogen-bond acceptors (Lipinski definition) is 3. The Morgan fingerprint density at radius 1 is 1.22 bits per heavy atom. The first-order valence-corrected chi connectivity index (χ1v) is 8.23. The summed E-state index contributed by atoms with van der Waals surface area (Å²) in [6, 6.07) is 13.6. The highest BCUT2D eigenvalue weighted by atomic mass is 16.2. The molecular formula is C19H23N3O. The fourth-order valence-corrected chi connectivity index (χ4v) is 3.02. The van der Waals surface area contributed by atoms with Gasteiger partial charge in [-0.05, 0) is 49.9 Å². The number of rotatable bonds is 4. The fraction of sp³-hybridized carbons (Fsp3) is 0.368. The van der Waals surface area contributed by atoms with Gasteiger partial charge in [-0.2, -0.15) is 0 Å². The number of hydrogen-bond donors (Lipinski definition) is 1. The Balaban J connectivity index is 1.48. The van der Waals surface area contributed by atoms with Crippen molar-refractivity contribution in [3.8, 4) is 0 Å². The van der Waals surface area contributed by atoms with Crippen LogP contribution < -0.4 is 5.32 Å². The number of benzene rings is 1. The minimum absolute atomic E-state index is 0.154. The molecule has 120 valence electrons. The summed E-state index contributed by atoms with van der Waals surface area (Å²) in [5.74, 6) is 0.769. The lowest BCUT2D eigenvalue weighted by atomic mass is 9.96. The SMILES string of the molecule is Cc1cc(NCC2CCN(C(=O)c3ccccc3)CC2)ccn1. The molecule has 0 spiro atoms. The number of pyridine rings is 1. The van der Waals surface area contributed by atoms with E-state index in [0.29, 0.717) is 5.92 Å². The molecule has 0 aliphatic carbocycles. The van der Waals surface area contributed by atoms with Gasteiger partial charge < -0.3 is 10.2 Å². The first-order valence-electron chi connectivity index (χ1n) is 8.23. The zero-order chi connectivity index (χ0) is 16.1. The number of nitrogens with zero attached hydrogens (tertiary/aromatic N) is 2. The summed E-state index contributed by atoms with van der Waals surface area (Å²) in [4.78, 5) is 18.6. The molecule has 2 aromatic rings. The quantitative estimate of drug-likeness (QED) is 0.942. The number of piperidine rings is 1. The van der Waals surface area contributed by atoms with E-state index in [1.54, 1.807) is 0 Å². The third-order valence-electron chi connectivity index (χ3n) is 4.41. The highest BCUT2D eigenvalue weighted by molar-refractivity contribution is 5.94. The molecule has 1 saturated heterocycles. The summed E-state index contributed by atoms with van der Waals surface area (Å²) in [5, 5.41) is 3.49. The maximum atomic E-state index is 12.4. The summed E-state index contributed by atoms with van der Waals surface area (Å²) in [6.45, 7) is 4.64. The number of carbonyl (C=O) groups is 1. The second kappa shape index (κ2) is 7.27. The lowest BCUT2D eigenvalue weighted by Gasteiger charge is -2.32. The van der Waals surface area contributed by atoms with E-state index in [4.69, 9.17) is 0 Å². The second-order valence-electron chi connectivity index (χ2n) is 6.17. The van der Waals surface area contributed by atoms with Gasteiger partial charge in [0.05, 0.1) is 0 Å². The van der Waals surface area contributed by atoms with Crippen LogP contribution in [0, 0.1) is 12.8 Å². The molecule has 4 nitrogen and oxygen atoms in total. The minimum atomic E-state index is 0.154. The maximum Gasteiger partial charge on any atom is 0.253 e. The Morgan fingerprint density at radius 2 is 1.96 bits per heavy atom. The van der Waals surface area contributed by atoms with Crippen LogP contribution in [0.5, 0.6) is 0 Å². The molecule has 1 amide bonds. The summed E-state index contributed by atoms with van der Waals surface area (Å²) in [7, 11) is 0. The first kappa shape index (κ1) is 15.5. The molecule has 2 heterocycles. The molecule has 0 unspecified atom stereocenters. The second-order valence-corrected chi connectivity index (χ2v) is 6.17. The molecule has 1 aliphatic rings. The van der Waals surface area contributed by atoms with E-state index in [1.165, 1.54) is 0 Å². The van der Waals surface area contributed by atoms with Gasteiger partial charge >= 0.3 is 0 Å². The number of aromatic nitrogens is 1. The number of amides is 1. The molecule has 1 aliphatic heterocycles. The minimum Gasteiger partial charge on any atom is -0.385 e. The predicted octanol–water partition coefficient (Wildman–Crippen LogP) is 3.35. The third kappa shape index (κ3) is 4.09. The van der Waals surface area contributed by atoms with Gasteiger partial charge in [-0.25, -0.2) is 0 Å². The molecule has 1 aromatic heterocycles. The molecule has 0 bridgehead atoms. The predicted molar refractivity (Wildman–Crippen MR) is 92.5 cm³/mol. The zero-order valence-electron chi connectivity index (χ0n) is 13.5. The van der Waals surface area contributed by atoms with Gasteiger partial charge in [-0.3, -0.25) is 9.78 Å². The van der Waals surface area contributed by atoms with Crippen LogP contribution in [0.15, 0.2) is 48.7 Å². The smallest absolute Gasteiger partial charge is 0.253 e.